The van der Waals surface area contributed by atoms with Crippen molar-refractivity contribution in [2.45, 2.75) is 6.42 Å². The summed E-state index contributed by atoms with van der Waals surface area (Å²) in [7, 11) is 0. The second-order valence-corrected chi connectivity index (χ2v) is 3.62. The topological polar surface area (TPSA) is 69.2 Å². The van der Waals surface area contributed by atoms with Gasteiger partial charge in [-0.05, 0) is 11.6 Å². The van der Waals surface area contributed by atoms with Gasteiger partial charge in [-0.15, -0.1) is 0 Å². The summed E-state index contributed by atoms with van der Waals surface area (Å²) in [6.07, 6.45) is 0.396. The highest BCUT2D eigenvalue weighted by molar-refractivity contribution is 7.80. The third kappa shape index (κ3) is 2.65. The van der Waals surface area contributed by atoms with Crippen LogP contribution < -0.4 is 5.73 Å². The highest BCUT2D eigenvalue weighted by Gasteiger charge is 2.11. The van der Waals surface area contributed by atoms with Crippen LogP contribution in [0.3, 0.4) is 0 Å². The first-order valence-electron chi connectivity index (χ1n) is 3.72. The van der Waals surface area contributed by atoms with E-state index in [1.807, 2.05) is 0 Å². The standard InChI is InChI=1S/C8H7ClN2O2S/c9-6-3-5(4-8(10)14)1-2-7(6)11(12)13/h1-3H,4H2,(H2,10,14). The fourth-order valence-corrected chi connectivity index (χ4v) is 1.45. The zero-order valence-corrected chi connectivity index (χ0v) is 8.64. The Morgan fingerprint density at radius 2 is 2.29 bits per heavy atom. The Kier molecular flexibility index (Phi) is 3.38. The first-order valence-corrected chi connectivity index (χ1v) is 4.50. The van der Waals surface area contributed by atoms with E-state index in [0.29, 0.717) is 11.4 Å². The molecule has 0 fully saturated rings. The van der Waals surface area contributed by atoms with Crippen LogP contribution in [0, 0.1) is 10.1 Å². The van der Waals surface area contributed by atoms with Crippen LogP contribution in [0.5, 0.6) is 0 Å². The van der Waals surface area contributed by atoms with Crippen LogP contribution in [0.25, 0.3) is 0 Å². The molecule has 0 heterocycles. The van der Waals surface area contributed by atoms with Crippen LogP contribution in [-0.2, 0) is 6.42 Å². The molecular weight excluding hydrogens is 224 g/mol. The smallest absolute Gasteiger partial charge is 0.287 e. The van der Waals surface area contributed by atoms with Gasteiger partial charge in [-0.3, -0.25) is 10.1 Å². The van der Waals surface area contributed by atoms with E-state index in [2.05, 4.69) is 0 Å². The Bertz CT molecular complexity index is 395. The molecule has 0 aliphatic carbocycles. The number of hydrogen-bond acceptors (Lipinski definition) is 3. The number of benzene rings is 1. The Morgan fingerprint density at radius 3 is 2.71 bits per heavy atom. The van der Waals surface area contributed by atoms with Crippen molar-refractivity contribution in [3.63, 3.8) is 0 Å². The second kappa shape index (κ2) is 4.34. The average molecular weight is 231 g/mol. The summed E-state index contributed by atoms with van der Waals surface area (Å²) in [5, 5.41) is 10.5. The van der Waals surface area contributed by atoms with Gasteiger partial charge in [0.15, 0.2) is 0 Å². The van der Waals surface area contributed by atoms with E-state index in [0.717, 1.165) is 5.56 Å². The molecule has 0 atom stereocenters. The van der Waals surface area contributed by atoms with Gasteiger partial charge in [0.05, 0.1) is 9.91 Å². The maximum Gasteiger partial charge on any atom is 0.287 e. The van der Waals surface area contributed by atoms with Gasteiger partial charge in [0.1, 0.15) is 5.02 Å². The molecule has 1 rings (SSSR count). The molecule has 0 spiro atoms. The van der Waals surface area contributed by atoms with Crippen molar-refractivity contribution < 1.29 is 4.92 Å². The minimum Gasteiger partial charge on any atom is -0.393 e. The minimum absolute atomic E-state index is 0.101. The maximum atomic E-state index is 10.4. The molecule has 0 radical (unpaired) electrons. The lowest BCUT2D eigenvalue weighted by Gasteiger charge is -2.00. The second-order valence-electron chi connectivity index (χ2n) is 2.69. The lowest BCUT2D eigenvalue weighted by molar-refractivity contribution is -0.384. The zero-order valence-electron chi connectivity index (χ0n) is 7.07. The number of nitrogens with zero attached hydrogens (tertiary/aromatic N) is 1. The van der Waals surface area contributed by atoms with Crippen molar-refractivity contribution in [2.24, 2.45) is 5.73 Å². The molecule has 0 unspecified atom stereocenters. The van der Waals surface area contributed by atoms with Crippen molar-refractivity contribution in [3.8, 4) is 0 Å². The Hall–Kier alpha value is -1.20. The first kappa shape index (κ1) is 10.9. The SMILES string of the molecule is NC(=S)Cc1ccc([N+](=O)[O-])c(Cl)c1. The number of rotatable bonds is 3. The van der Waals surface area contributed by atoms with E-state index < -0.39 is 4.92 Å². The highest BCUT2D eigenvalue weighted by atomic mass is 35.5. The fraction of sp³-hybridized carbons (Fsp3) is 0.125. The molecule has 14 heavy (non-hydrogen) atoms. The predicted molar refractivity (Wildman–Crippen MR) is 58.6 cm³/mol. The van der Waals surface area contributed by atoms with E-state index in [9.17, 15) is 10.1 Å². The highest BCUT2D eigenvalue weighted by Crippen LogP contribution is 2.24. The maximum absolute atomic E-state index is 10.4. The van der Waals surface area contributed by atoms with Crippen LogP contribution >= 0.6 is 23.8 Å². The number of halogens is 1. The Balaban J connectivity index is 3.00. The van der Waals surface area contributed by atoms with Crippen molar-refractivity contribution in [1.29, 1.82) is 0 Å². The molecule has 0 saturated carbocycles. The summed E-state index contributed by atoms with van der Waals surface area (Å²) in [5.74, 6) is 0. The molecule has 0 amide bonds. The van der Waals surface area contributed by atoms with Crippen LogP contribution in [-0.4, -0.2) is 9.91 Å². The van der Waals surface area contributed by atoms with E-state index >= 15 is 0 Å². The molecule has 1 aromatic carbocycles. The van der Waals surface area contributed by atoms with Gasteiger partial charge in [-0.2, -0.15) is 0 Å². The molecule has 6 heteroatoms. The molecule has 0 aliphatic rings. The van der Waals surface area contributed by atoms with E-state index in [-0.39, 0.29) is 10.7 Å². The molecule has 0 bridgehead atoms. The van der Waals surface area contributed by atoms with Crippen molar-refractivity contribution >= 4 is 34.5 Å². The number of nitrogens with two attached hydrogens (primary N) is 1. The Morgan fingerprint density at radius 1 is 1.64 bits per heavy atom. The molecule has 0 saturated heterocycles. The van der Waals surface area contributed by atoms with Crippen molar-refractivity contribution in [3.05, 3.63) is 38.9 Å². The van der Waals surface area contributed by atoms with Crippen LogP contribution in [0.1, 0.15) is 5.56 Å². The fourth-order valence-electron chi connectivity index (χ4n) is 1.01. The van der Waals surface area contributed by atoms with Gasteiger partial charge < -0.3 is 5.73 Å². The third-order valence-corrected chi connectivity index (χ3v) is 2.03. The van der Waals surface area contributed by atoms with Gasteiger partial charge in [0, 0.05) is 12.5 Å². The van der Waals surface area contributed by atoms with Gasteiger partial charge >= 0.3 is 0 Å². The third-order valence-electron chi connectivity index (χ3n) is 1.59. The van der Waals surface area contributed by atoms with Gasteiger partial charge in [0.25, 0.3) is 5.69 Å². The summed E-state index contributed by atoms with van der Waals surface area (Å²) in [4.78, 5) is 10.2. The molecule has 0 aromatic heterocycles. The van der Waals surface area contributed by atoms with Crippen molar-refractivity contribution in [2.75, 3.05) is 0 Å². The molecule has 4 nitrogen and oxygen atoms in total. The largest absolute Gasteiger partial charge is 0.393 e. The number of nitro benzene ring substituents is 1. The molecule has 1 aromatic rings. The zero-order chi connectivity index (χ0) is 10.7. The Labute approximate surface area is 90.8 Å². The minimum atomic E-state index is -0.535. The average Bonchev–Trinajstić information content (AvgIpc) is 2.01. The molecule has 0 aliphatic heterocycles. The summed E-state index contributed by atoms with van der Waals surface area (Å²) < 4.78 is 0. The summed E-state index contributed by atoms with van der Waals surface area (Å²) in [6.45, 7) is 0. The van der Waals surface area contributed by atoms with Crippen LogP contribution in [0.2, 0.25) is 5.02 Å². The number of nitro groups is 1. The first-order chi connectivity index (χ1) is 6.50. The summed E-state index contributed by atoms with van der Waals surface area (Å²) in [6, 6.07) is 4.43. The lowest BCUT2D eigenvalue weighted by atomic mass is 10.1. The van der Waals surface area contributed by atoms with E-state index in [4.69, 9.17) is 29.6 Å². The normalized spacial score (nSPS) is 9.79. The molecule has 2 N–H and O–H groups in total. The van der Waals surface area contributed by atoms with Gasteiger partial charge in [-0.1, -0.05) is 29.9 Å². The van der Waals surface area contributed by atoms with Gasteiger partial charge in [0.2, 0.25) is 0 Å². The van der Waals surface area contributed by atoms with Crippen LogP contribution in [0.4, 0.5) is 5.69 Å². The molecular formula is C8H7ClN2O2S. The quantitative estimate of drug-likeness (QED) is 0.490. The summed E-state index contributed by atoms with van der Waals surface area (Å²) >= 11 is 10.4. The predicted octanol–water partition coefficient (Wildman–Crippen LogP) is 2.08. The molecule has 74 valence electrons. The summed E-state index contributed by atoms with van der Waals surface area (Å²) in [5.41, 5.74) is 5.99. The van der Waals surface area contributed by atoms with E-state index in [1.54, 1.807) is 6.07 Å². The number of hydrogen-bond donors (Lipinski definition) is 1. The monoisotopic (exact) mass is 230 g/mol. The van der Waals surface area contributed by atoms with Crippen LogP contribution in [0.15, 0.2) is 18.2 Å². The lowest BCUT2D eigenvalue weighted by Crippen LogP contribution is -2.10. The number of thiocarbonyl (C=S) groups is 1. The van der Waals surface area contributed by atoms with Crippen molar-refractivity contribution in [1.82, 2.24) is 0 Å². The van der Waals surface area contributed by atoms with Gasteiger partial charge in [-0.25, -0.2) is 0 Å². The van der Waals surface area contributed by atoms with E-state index in [1.165, 1.54) is 12.1 Å².